The first-order chi connectivity index (χ1) is 22.0. The topological polar surface area (TPSA) is 84.2 Å². The lowest BCUT2D eigenvalue weighted by Crippen LogP contribution is -2.39. The van der Waals surface area contributed by atoms with E-state index in [1.807, 2.05) is 79.5 Å². The Morgan fingerprint density at radius 2 is 1.59 bits per heavy atom. The lowest BCUT2D eigenvalue weighted by molar-refractivity contribution is -0.131. The highest BCUT2D eigenvalue weighted by Gasteiger charge is 2.25. The Kier molecular flexibility index (Phi) is 8.71. The van der Waals surface area contributed by atoms with E-state index in [-0.39, 0.29) is 17.4 Å². The zero-order valence-corrected chi connectivity index (χ0v) is 27.5. The molecule has 1 saturated heterocycles. The molecule has 238 valence electrons. The minimum atomic E-state index is -0.310. The number of aromatic nitrogens is 3. The van der Waals surface area contributed by atoms with Crippen molar-refractivity contribution in [3.8, 4) is 5.69 Å². The van der Waals surface area contributed by atoms with Crippen LogP contribution in [0.25, 0.3) is 16.6 Å². The van der Waals surface area contributed by atoms with E-state index in [9.17, 15) is 9.59 Å². The van der Waals surface area contributed by atoms with Gasteiger partial charge in [0.1, 0.15) is 5.82 Å². The molecular formula is C38H44N6O2. The molecule has 8 nitrogen and oxygen atoms in total. The van der Waals surface area contributed by atoms with Crippen LogP contribution >= 0.6 is 0 Å². The van der Waals surface area contributed by atoms with Crippen LogP contribution in [0.3, 0.4) is 0 Å². The molecule has 0 spiro atoms. The van der Waals surface area contributed by atoms with Crippen molar-refractivity contribution in [2.75, 3.05) is 23.7 Å². The molecule has 2 aromatic heterocycles. The van der Waals surface area contributed by atoms with Gasteiger partial charge < -0.3 is 14.8 Å². The van der Waals surface area contributed by atoms with E-state index >= 15 is 0 Å². The van der Waals surface area contributed by atoms with Gasteiger partial charge in [-0.25, -0.2) is 9.48 Å². The number of likely N-dealkylation sites (tertiary alicyclic amines) is 1. The van der Waals surface area contributed by atoms with Gasteiger partial charge in [-0.05, 0) is 67.5 Å². The Labute approximate surface area is 271 Å². The van der Waals surface area contributed by atoms with E-state index in [1.165, 1.54) is 0 Å². The molecule has 0 radical (unpaired) electrons. The minimum absolute atomic E-state index is 0.175. The number of nitrogens with zero attached hydrogens (tertiary/aromatic N) is 4. The second-order valence-corrected chi connectivity index (χ2v) is 13.6. The van der Waals surface area contributed by atoms with Crippen molar-refractivity contribution in [2.45, 2.75) is 58.8 Å². The van der Waals surface area contributed by atoms with Crippen LogP contribution in [0, 0.1) is 12.8 Å². The maximum Gasteiger partial charge on any atom is 0.324 e. The van der Waals surface area contributed by atoms with Crippen molar-refractivity contribution in [3.63, 3.8) is 0 Å². The average Bonchev–Trinajstić information content (AvgIpc) is 3.60. The van der Waals surface area contributed by atoms with E-state index in [1.54, 1.807) is 4.68 Å². The summed E-state index contributed by atoms with van der Waals surface area (Å²) in [7, 11) is 2.03. The highest BCUT2D eigenvalue weighted by molar-refractivity contribution is 6.00. The van der Waals surface area contributed by atoms with Crippen molar-refractivity contribution in [1.82, 2.24) is 19.2 Å². The highest BCUT2D eigenvalue weighted by Crippen LogP contribution is 2.29. The molecule has 0 aliphatic carbocycles. The monoisotopic (exact) mass is 616 g/mol. The largest absolute Gasteiger partial charge is 0.350 e. The van der Waals surface area contributed by atoms with Gasteiger partial charge in [0, 0.05) is 54.4 Å². The number of nitrogens with one attached hydrogen (secondary N) is 2. The van der Waals surface area contributed by atoms with Crippen LogP contribution in [-0.2, 0) is 30.1 Å². The van der Waals surface area contributed by atoms with Crippen LogP contribution in [0.2, 0.25) is 0 Å². The smallest absolute Gasteiger partial charge is 0.324 e. The van der Waals surface area contributed by atoms with E-state index in [4.69, 9.17) is 5.10 Å². The molecule has 1 aliphatic rings. The number of benzene rings is 3. The van der Waals surface area contributed by atoms with Gasteiger partial charge >= 0.3 is 6.03 Å². The predicted octanol–water partition coefficient (Wildman–Crippen LogP) is 7.64. The summed E-state index contributed by atoms with van der Waals surface area (Å²) in [4.78, 5) is 28.6. The maximum atomic E-state index is 13.4. The number of rotatable bonds is 7. The summed E-state index contributed by atoms with van der Waals surface area (Å²) in [6, 6.07) is 26.0. The molecule has 1 fully saturated rings. The molecule has 0 saturated carbocycles. The number of hydrogen-bond donors (Lipinski definition) is 2. The Hall–Kier alpha value is -4.85. The minimum Gasteiger partial charge on any atom is -0.350 e. The number of urea groups is 1. The third kappa shape index (κ3) is 6.86. The number of amides is 3. The highest BCUT2D eigenvalue weighted by atomic mass is 16.2. The molecule has 46 heavy (non-hydrogen) atoms. The summed E-state index contributed by atoms with van der Waals surface area (Å²) < 4.78 is 3.89. The van der Waals surface area contributed by atoms with Crippen LogP contribution in [0.15, 0.2) is 85.1 Å². The van der Waals surface area contributed by atoms with E-state index in [0.29, 0.717) is 18.2 Å². The molecule has 0 unspecified atom stereocenters. The van der Waals surface area contributed by atoms with Gasteiger partial charge in [-0.15, -0.1) is 0 Å². The van der Waals surface area contributed by atoms with Crippen molar-refractivity contribution >= 4 is 34.3 Å². The zero-order valence-electron chi connectivity index (χ0n) is 27.5. The molecule has 0 atom stereocenters. The number of carbonyl (C=O) groups is 2. The molecule has 3 amide bonds. The van der Waals surface area contributed by atoms with Gasteiger partial charge in [0.25, 0.3) is 0 Å². The molecule has 2 N–H and O–H groups in total. The molecule has 8 heteroatoms. The number of carbonyl (C=O) groups excluding carboxylic acids is 2. The number of anilines is 2. The van der Waals surface area contributed by atoms with Crippen molar-refractivity contribution in [2.24, 2.45) is 13.0 Å². The predicted molar refractivity (Wildman–Crippen MR) is 186 cm³/mol. The fourth-order valence-electron chi connectivity index (χ4n) is 6.35. The van der Waals surface area contributed by atoms with Crippen molar-refractivity contribution in [1.29, 1.82) is 0 Å². The maximum absolute atomic E-state index is 13.4. The SMILES string of the molecule is Cc1ccc(-n2nc(C(C)(C)C)cc2NC(=O)Nc2ccccc2CC2CCN(C(=O)Cc3cn(C)c4ccccc34)CC2)cc1. The van der Waals surface area contributed by atoms with Gasteiger partial charge in [0.15, 0.2) is 0 Å². The zero-order chi connectivity index (χ0) is 32.4. The Morgan fingerprint density at radius 1 is 0.891 bits per heavy atom. The van der Waals surface area contributed by atoms with Crippen molar-refractivity contribution < 1.29 is 9.59 Å². The summed E-state index contributed by atoms with van der Waals surface area (Å²) in [6.07, 6.45) is 5.22. The third-order valence-electron chi connectivity index (χ3n) is 9.06. The number of para-hydroxylation sites is 2. The molecule has 3 aromatic carbocycles. The quantitative estimate of drug-likeness (QED) is 0.197. The fraction of sp³-hybridized carbons (Fsp3) is 0.342. The second-order valence-electron chi connectivity index (χ2n) is 13.6. The van der Waals surface area contributed by atoms with E-state index in [2.05, 4.69) is 60.4 Å². The van der Waals surface area contributed by atoms with Crippen LogP contribution in [0.5, 0.6) is 0 Å². The Balaban J connectivity index is 1.08. The lowest BCUT2D eigenvalue weighted by Gasteiger charge is -2.32. The number of hydrogen-bond acceptors (Lipinski definition) is 3. The van der Waals surface area contributed by atoms with Gasteiger partial charge in [-0.3, -0.25) is 10.1 Å². The number of aryl methyl sites for hydroxylation is 2. The first-order valence-electron chi connectivity index (χ1n) is 16.2. The number of fused-ring (bicyclic) bond motifs is 1. The van der Waals surface area contributed by atoms with Gasteiger partial charge in [0.2, 0.25) is 5.91 Å². The fourth-order valence-corrected chi connectivity index (χ4v) is 6.35. The standard InChI is InChI=1S/C38H44N6O2/c1-26-14-16-30(17-15-26)44-35(24-34(41-44)38(2,3)4)40-37(46)39-32-12-8-6-10-28(32)22-27-18-20-43(21-19-27)36(45)23-29-25-42(5)33-13-9-7-11-31(29)33/h6-17,24-25,27H,18-23H2,1-5H3,(H2,39,40,46). The van der Waals surface area contributed by atoms with Gasteiger partial charge in [-0.2, -0.15) is 5.10 Å². The van der Waals surface area contributed by atoms with Crippen LogP contribution in [0.1, 0.15) is 56.0 Å². The normalized spacial score (nSPS) is 14.1. The average molecular weight is 617 g/mol. The first kappa shape index (κ1) is 31.1. The molecule has 5 aromatic rings. The van der Waals surface area contributed by atoms with Crippen LogP contribution < -0.4 is 10.6 Å². The van der Waals surface area contributed by atoms with Gasteiger partial charge in [-0.1, -0.05) is 74.9 Å². The summed E-state index contributed by atoms with van der Waals surface area (Å²) in [5, 5.41) is 12.1. The Bertz CT molecular complexity index is 1850. The summed E-state index contributed by atoms with van der Waals surface area (Å²) in [6.45, 7) is 9.89. The summed E-state index contributed by atoms with van der Waals surface area (Å²) in [5.41, 5.74) is 6.90. The van der Waals surface area contributed by atoms with E-state index < -0.39 is 0 Å². The molecule has 1 aliphatic heterocycles. The number of piperidine rings is 1. The summed E-state index contributed by atoms with van der Waals surface area (Å²) >= 11 is 0. The summed E-state index contributed by atoms with van der Waals surface area (Å²) in [5.74, 6) is 1.24. The van der Waals surface area contributed by atoms with Crippen LogP contribution in [-0.4, -0.2) is 44.3 Å². The second kappa shape index (κ2) is 12.9. The van der Waals surface area contributed by atoms with Crippen molar-refractivity contribution in [3.05, 3.63) is 107 Å². The molecular weight excluding hydrogens is 572 g/mol. The van der Waals surface area contributed by atoms with E-state index in [0.717, 1.165) is 77.0 Å². The molecule has 6 rings (SSSR count). The Morgan fingerprint density at radius 3 is 2.33 bits per heavy atom. The van der Waals surface area contributed by atoms with Gasteiger partial charge in [0.05, 0.1) is 17.8 Å². The van der Waals surface area contributed by atoms with Crippen LogP contribution in [0.4, 0.5) is 16.3 Å². The molecule has 3 heterocycles. The first-order valence-corrected chi connectivity index (χ1v) is 16.2. The molecule has 0 bridgehead atoms. The lowest BCUT2D eigenvalue weighted by atomic mass is 9.89. The third-order valence-corrected chi connectivity index (χ3v) is 9.06.